The van der Waals surface area contributed by atoms with E-state index in [1.54, 1.807) is 0 Å². The first-order valence-corrected chi connectivity index (χ1v) is 11.9. The first-order chi connectivity index (χ1) is 14.7. The zero-order valence-corrected chi connectivity index (χ0v) is 22.2. The van der Waals surface area contributed by atoms with Gasteiger partial charge in [0.2, 0.25) is 0 Å². The van der Waals surface area contributed by atoms with Crippen LogP contribution in [0, 0.1) is 0 Å². The van der Waals surface area contributed by atoms with Crippen molar-refractivity contribution in [3.05, 3.63) is 39.4 Å². The highest BCUT2D eigenvalue weighted by atomic mass is 127. The Balaban J connectivity index is 0.00000341. The molecule has 0 spiro atoms. The Hall–Kier alpha value is -1.17. The van der Waals surface area contributed by atoms with Crippen LogP contribution >= 0.6 is 35.3 Å². The molecule has 1 aliphatic heterocycles. The predicted octanol–water partition coefficient (Wildman–Crippen LogP) is 4.00. The lowest BCUT2D eigenvalue weighted by Gasteiger charge is -2.37. The predicted molar refractivity (Wildman–Crippen MR) is 138 cm³/mol. The van der Waals surface area contributed by atoms with Gasteiger partial charge < -0.3 is 19.9 Å². The third kappa shape index (κ3) is 7.16. The molecule has 0 bridgehead atoms. The number of halogens is 1. The van der Waals surface area contributed by atoms with Crippen LogP contribution in [0.2, 0.25) is 0 Å². The monoisotopic (exact) mass is 561 g/mol. The van der Waals surface area contributed by atoms with Gasteiger partial charge in [0.1, 0.15) is 5.76 Å². The number of rotatable bonds is 9. The van der Waals surface area contributed by atoms with Crippen LogP contribution in [0.25, 0.3) is 0 Å². The summed E-state index contributed by atoms with van der Waals surface area (Å²) in [6, 6.07) is 4.65. The highest BCUT2D eigenvalue weighted by Gasteiger charge is 2.26. The van der Waals surface area contributed by atoms with Gasteiger partial charge in [0.05, 0.1) is 31.0 Å². The van der Waals surface area contributed by atoms with Gasteiger partial charge in [-0.05, 0) is 31.7 Å². The van der Waals surface area contributed by atoms with E-state index in [4.69, 9.17) is 14.3 Å². The molecule has 1 aliphatic rings. The minimum Gasteiger partial charge on any atom is -0.376 e. The summed E-state index contributed by atoms with van der Waals surface area (Å²) in [7, 11) is 0. The van der Waals surface area contributed by atoms with E-state index < -0.39 is 0 Å². The molecule has 0 amide bonds. The smallest absolute Gasteiger partial charge is 0.191 e. The molecule has 1 saturated heterocycles. The Morgan fingerprint density at radius 1 is 1.32 bits per heavy atom. The zero-order valence-electron chi connectivity index (χ0n) is 19.0. The van der Waals surface area contributed by atoms with E-state index in [1.165, 1.54) is 4.88 Å². The average Bonchev–Trinajstić information content (AvgIpc) is 3.41. The number of thiophene rings is 1. The van der Waals surface area contributed by atoms with Crippen molar-refractivity contribution in [2.45, 2.75) is 59.2 Å². The molecule has 2 N–H and O–H groups in total. The van der Waals surface area contributed by atoms with Crippen molar-refractivity contribution in [2.24, 2.45) is 4.99 Å². The summed E-state index contributed by atoms with van der Waals surface area (Å²) in [6.07, 6.45) is 1.95. The Labute approximate surface area is 207 Å². The Kier molecular flexibility index (Phi) is 11.3. The standard InChI is InChI=1S/C22H35N5O2S.HI/c1-5-18-17(20(6-2)29-26-18)13-24-22(23-7-3)25-14-19(21-9-8-12-30-21)27-10-11-28-16(4)15-27;/h8-9,12,16,19H,5-7,10-11,13-15H2,1-4H3,(H2,23,24,25);1H. The van der Waals surface area contributed by atoms with E-state index in [-0.39, 0.29) is 30.1 Å². The number of ether oxygens (including phenoxy) is 1. The van der Waals surface area contributed by atoms with Crippen LogP contribution in [0.3, 0.4) is 0 Å². The number of guanidine groups is 1. The maximum atomic E-state index is 5.75. The number of nitrogens with zero attached hydrogens (tertiary/aromatic N) is 3. The molecule has 174 valence electrons. The largest absolute Gasteiger partial charge is 0.376 e. The van der Waals surface area contributed by atoms with E-state index in [0.717, 1.165) is 68.6 Å². The summed E-state index contributed by atoms with van der Waals surface area (Å²) in [6.45, 7) is 13.3. The molecule has 3 rings (SSSR count). The molecule has 2 aromatic rings. The Morgan fingerprint density at radius 3 is 2.81 bits per heavy atom. The van der Waals surface area contributed by atoms with Crippen molar-refractivity contribution >= 4 is 41.3 Å². The summed E-state index contributed by atoms with van der Waals surface area (Å²) in [4.78, 5) is 8.72. The molecular weight excluding hydrogens is 525 g/mol. The van der Waals surface area contributed by atoms with Crippen molar-refractivity contribution in [2.75, 3.05) is 32.8 Å². The van der Waals surface area contributed by atoms with Crippen LogP contribution in [0.5, 0.6) is 0 Å². The van der Waals surface area contributed by atoms with Crippen LogP contribution in [0.15, 0.2) is 27.0 Å². The van der Waals surface area contributed by atoms with Crippen LogP contribution in [-0.2, 0) is 24.1 Å². The van der Waals surface area contributed by atoms with Gasteiger partial charge in [-0.3, -0.25) is 4.90 Å². The molecule has 3 heterocycles. The van der Waals surface area contributed by atoms with E-state index >= 15 is 0 Å². The number of aryl methyl sites for hydroxylation is 2. The minimum absolute atomic E-state index is 0. The number of hydrogen-bond acceptors (Lipinski definition) is 6. The molecule has 2 aromatic heterocycles. The molecule has 0 aromatic carbocycles. The van der Waals surface area contributed by atoms with Crippen LogP contribution in [0.4, 0.5) is 0 Å². The average molecular weight is 562 g/mol. The van der Waals surface area contributed by atoms with E-state index in [2.05, 4.69) is 65.9 Å². The maximum Gasteiger partial charge on any atom is 0.191 e. The third-order valence-electron chi connectivity index (χ3n) is 5.39. The van der Waals surface area contributed by atoms with Crippen LogP contribution in [-0.4, -0.2) is 54.9 Å². The summed E-state index contributed by atoms with van der Waals surface area (Å²) >= 11 is 1.81. The van der Waals surface area contributed by atoms with Crippen molar-refractivity contribution in [3.63, 3.8) is 0 Å². The molecule has 9 heteroatoms. The molecule has 2 atom stereocenters. The first-order valence-electron chi connectivity index (χ1n) is 11.0. The van der Waals surface area contributed by atoms with Crippen molar-refractivity contribution < 1.29 is 9.26 Å². The number of hydrogen-bond donors (Lipinski definition) is 2. The van der Waals surface area contributed by atoms with E-state index in [9.17, 15) is 0 Å². The quantitative estimate of drug-likeness (QED) is 0.274. The van der Waals surface area contributed by atoms with Gasteiger partial charge in [0, 0.05) is 43.0 Å². The minimum atomic E-state index is 0. The third-order valence-corrected chi connectivity index (χ3v) is 6.37. The molecule has 0 radical (unpaired) electrons. The number of aromatic nitrogens is 1. The second-order valence-corrected chi connectivity index (χ2v) is 8.50. The maximum absolute atomic E-state index is 5.75. The summed E-state index contributed by atoms with van der Waals surface area (Å²) in [5.74, 6) is 1.76. The fourth-order valence-electron chi connectivity index (χ4n) is 3.83. The normalized spacial score (nSPS) is 18.5. The molecule has 0 aliphatic carbocycles. The highest BCUT2D eigenvalue weighted by Crippen LogP contribution is 2.26. The SMILES string of the molecule is CCNC(=NCc1c(CC)noc1CC)NCC(c1cccs1)N1CCOC(C)C1.I. The number of morpholine rings is 1. The topological polar surface area (TPSA) is 74.9 Å². The van der Waals surface area contributed by atoms with Gasteiger partial charge in [-0.25, -0.2) is 4.99 Å². The van der Waals surface area contributed by atoms with Crippen molar-refractivity contribution in [1.29, 1.82) is 0 Å². The Bertz CT molecular complexity index is 774. The molecule has 7 nitrogen and oxygen atoms in total. The molecule has 31 heavy (non-hydrogen) atoms. The van der Waals surface area contributed by atoms with E-state index in [1.807, 2.05) is 11.3 Å². The summed E-state index contributed by atoms with van der Waals surface area (Å²) in [5, 5.41) is 13.3. The lowest BCUT2D eigenvalue weighted by atomic mass is 10.1. The second-order valence-electron chi connectivity index (χ2n) is 7.52. The molecule has 0 saturated carbocycles. The number of nitrogens with one attached hydrogen (secondary N) is 2. The fraction of sp³-hybridized carbons (Fsp3) is 0.636. The van der Waals surface area contributed by atoms with E-state index in [0.29, 0.717) is 12.6 Å². The first kappa shape index (κ1) is 26.1. The van der Waals surface area contributed by atoms with Gasteiger partial charge >= 0.3 is 0 Å². The van der Waals surface area contributed by atoms with Crippen molar-refractivity contribution in [3.8, 4) is 0 Å². The lowest BCUT2D eigenvalue weighted by molar-refractivity contribution is -0.0334. The second kappa shape index (κ2) is 13.4. The highest BCUT2D eigenvalue weighted by molar-refractivity contribution is 14.0. The molecular formula is C22H36IN5O2S. The van der Waals surface area contributed by atoms with Crippen LogP contribution in [0.1, 0.15) is 55.6 Å². The van der Waals surface area contributed by atoms with Gasteiger partial charge in [-0.15, -0.1) is 35.3 Å². The zero-order chi connectivity index (χ0) is 21.3. The number of aliphatic imine (C=N–C) groups is 1. The fourth-order valence-corrected chi connectivity index (χ4v) is 4.69. The van der Waals surface area contributed by atoms with Gasteiger partial charge in [-0.1, -0.05) is 25.1 Å². The van der Waals surface area contributed by atoms with Gasteiger partial charge in [0.25, 0.3) is 0 Å². The van der Waals surface area contributed by atoms with Gasteiger partial charge in [-0.2, -0.15) is 0 Å². The van der Waals surface area contributed by atoms with Crippen LogP contribution < -0.4 is 10.6 Å². The Morgan fingerprint density at radius 2 is 2.16 bits per heavy atom. The molecule has 1 fully saturated rings. The summed E-state index contributed by atoms with van der Waals surface area (Å²) < 4.78 is 11.2. The lowest BCUT2D eigenvalue weighted by Crippen LogP contribution is -2.48. The summed E-state index contributed by atoms with van der Waals surface area (Å²) in [5.41, 5.74) is 2.12. The molecule has 2 unspecified atom stereocenters. The van der Waals surface area contributed by atoms with Crippen molar-refractivity contribution in [1.82, 2.24) is 20.7 Å². The van der Waals surface area contributed by atoms with Gasteiger partial charge in [0.15, 0.2) is 5.96 Å².